The quantitative estimate of drug-likeness (QED) is 0.859. The molecule has 1 N–H and O–H groups in total. The predicted molar refractivity (Wildman–Crippen MR) is 83.1 cm³/mol. The summed E-state index contributed by atoms with van der Waals surface area (Å²) in [6, 6.07) is 6.18. The molecule has 1 unspecified atom stereocenters. The lowest BCUT2D eigenvalue weighted by atomic mass is 10.1. The average molecular weight is 333 g/mol. The number of hydrogen-bond acceptors (Lipinski definition) is 4. The first-order valence-electron chi connectivity index (χ1n) is 7.03. The third kappa shape index (κ3) is 5.23. The molecule has 7 heteroatoms. The Labute approximate surface area is 131 Å². The van der Waals surface area contributed by atoms with Crippen LogP contribution in [0.1, 0.15) is 6.92 Å². The van der Waals surface area contributed by atoms with Crippen LogP contribution in [0.5, 0.6) is 0 Å². The lowest BCUT2D eigenvalue weighted by molar-refractivity contribution is 0.0321. The maximum atomic E-state index is 12.2. The van der Waals surface area contributed by atoms with E-state index in [1.165, 1.54) is 12.1 Å². The molecule has 0 bridgehead atoms. The summed E-state index contributed by atoms with van der Waals surface area (Å²) in [7, 11) is -3.46. The summed E-state index contributed by atoms with van der Waals surface area (Å²) in [6.07, 6.45) is 0. The van der Waals surface area contributed by atoms with E-state index in [0.29, 0.717) is 11.6 Å². The monoisotopic (exact) mass is 332 g/mol. The van der Waals surface area contributed by atoms with Gasteiger partial charge in [-0.3, -0.25) is 4.90 Å². The number of rotatable bonds is 6. The van der Waals surface area contributed by atoms with Gasteiger partial charge < -0.3 is 4.74 Å². The minimum Gasteiger partial charge on any atom is -0.379 e. The molecule has 0 radical (unpaired) electrons. The van der Waals surface area contributed by atoms with Crippen LogP contribution in [0, 0.1) is 5.92 Å². The molecule has 1 atom stereocenters. The average Bonchev–Trinajstić information content (AvgIpc) is 2.47. The van der Waals surface area contributed by atoms with Gasteiger partial charge in [0.15, 0.2) is 0 Å². The molecule has 1 heterocycles. The fourth-order valence-electron chi connectivity index (χ4n) is 2.24. The van der Waals surface area contributed by atoms with E-state index >= 15 is 0 Å². The van der Waals surface area contributed by atoms with E-state index in [9.17, 15) is 8.42 Å². The first-order chi connectivity index (χ1) is 9.97. The fourth-order valence-corrected chi connectivity index (χ4v) is 3.53. The smallest absolute Gasteiger partial charge is 0.240 e. The van der Waals surface area contributed by atoms with Gasteiger partial charge >= 0.3 is 0 Å². The molecule has 0 aliphatic carbocycles. The van der Waals surface area contributed by atoms with E-state index in [0.717, 1.165) is 32.8 Å². The summed E-state index contributed by atoms with van der Waals surface area (Å²) in [4.78, 5) is 2.54. The van der Waals surface area contributed by atoms with Gasteiger partial charge in [0, 0.05) is 31.2 Å². The largest absolute Gasteiger partial charge is 0.379 e. The first-order valence-corrected chi connectivity index (χ1v) is 8.89. The molecule has 0 spiro atoms. The van der Waals surface area contributed by atoms with E-state index in [2.05, 4.69) is 9.62 Å². The zero-order valence-electron chi connectivity index (χ0n) is 12.1. The van der Waals surface area contributed by atoms with Crippen LogP contribution < -0.4 is 4.72 Å². The van der Waals surface area contributed by atoms with Crippen molar-refractivity contribution in [3.05, 3.63) is 29.3 Å². The number of sulfonamides is 1. The minimum atomic E-state index is -3.46. The number of benzene rings is 1. The summed E-state index contributed by atoms with van der Waals surface area (Å²) in [5.74, 6) is 0.241. The van der Waals surface area contributed by atoms with E-state index in [-0.39, 0.29) is 10.8 Å². The topological polar surface area (TPSA) is 58.6 Å². The van der Waals surface area contributed by atoms with Gasteiger partial charge in [0.05, 0.1) is 18.1 Å². The second-order valence-electron chi connectivity index (χ2n) is 5.32. The molecule has 1 aromatic carbocycles. The van der Waals surface area contributed by atoms with Crippen molar-refractivity contribution in [3.8, 4) is 0 Å². The highest BCUT2D eigenvalue weighted by Gasteiger charge is 2.17. The molecule has 2 rings (SSSR count). The molecule has 21 heavy (non-hydrogen) atoms. The Hall–Kier alpha value is -0.660. The Morgan fingerprint density at radius 1 is 1.29 bits per heavy atom. The van der Waals surface area contributed by atoms with Crippen molar-refractivity contribution < 1.29 is 13.2 Å². The molecule has 1 aliphatic rings. The maximum Gasteiger partial charge on any atom is 0.240 e. The second kappa shape index (κ2) is 7.56. The molecule has 0 amide bonds. The molecule has 1 aliphatic heterocycles. The normalized spacial score (nSPS) is 18.6. The van der Waals surface area contributed by atoms with Gasteiger partial charge in [-0.15, -0.1) is 0 Å². The van der Waals surface area contributed by atoms with Gasteiger partial charge in [-0.1, -0.05) is 18.5 Å². The second-order valence-corrected chi connectivity index (χ2v) is 7.53. The predicted octanol–water partition coefficient (Wildman–Crippen LogP) is 1.59. The molecular weight excluding hydrogens is 312 g/mol. The zero-order valence-corrected chi connectivity index (χ0v) is 13.7. The van der Waals surface area contributed by atoms with Gasteiger partial charge in [0.1, 0.15) is 0 Å². The lowest BCUT2D eigenvalue weighted by Gasteiger charge is -2.29. The zero-order chi connectivity index (χ0) is 15.3. The van der Waals surface area contributed by atoms with Crippen molar-refractivity contribution >= 4 is 21.6 Å². The van der Waals surface area contributed by atoms with E-state index in [1.54, 1.807) is 12.1 Å². The van der Waals surface area contributed by atoms with Gasteiger partial charge in [-0.2, -0.15) is 0 Å². The molecule has 118 valence electrons. The summed E-state index contributed by atoms with van der Waals surface area (Å²) in [6.45, 7) is 6.66. The van der Waals surface area contributed by atoms with Crippen LogP contribution in [0.4, 0.5) is 0 Å². The van der Waals surface area contributed by atoms with Crippen LogP contribution in [0.2, 0.25) is 5.02 Å². The van der Waals surface area contributed by atoms with Crippen molar-refractivity contribution in [2.75, 3.05) is 39.4 Å². The van der Waals surface area contributed by atoms with Crippen molar-refractivity contribution in [3.63, 3.8) is 0 Å². The van der Waals surface area contributed by atoms with E-state index in [1.807, 2.05) is 6.92 Å². The van der Waals surface area contributed by atoms with Gasteiger partial charge in [-0.25, -0.2) is 13.1 Å². The number of ether oxygens (including phenoxy) is 1. The molecular formula is C14H21ClN2O3S. The van der Waals surface area contributed by atoms with Crippen LogP contribution in [0.3, 0.4) is 0 Å². The first kappa shape index (κ1) is 16.7. The van der Waals surface area contributed by atoms with Crippen molar-refractivity contribution in [2.45, 2.75) is 11.8 Å². The number of nitrogens with one attached hydrogen (secondary N) is 1. The Kier molecular flexibility index (Phi) is 6.01. The third-order valence-electron chi connectivity index (χ3n) is 3.42. The van der Waals surface area contributed by atoms with Crippen LogP contribution >= 0.6 is 11.6 Å². The summed E-state index contributed by atoms with van der Waals surface area (Å²) < 4.78 is 32.3. The van der Waals surface area contributed by atoms with E-state index < -0.39 is 10.0 Å². The van der Waals surface area contributed by atoms with Crippen LogP contribution in [-0.4, -0.2) is 52.7 Å². The standard InChI is InChI=1S/C14H21ClN2O3S/c1-12(11-17-6-8-20-9-7-17)10-16-21(18,19)14-4-2-13(15)3-5-14/h2-5,12,16H,6-11H2,1H3. The molecule has 1 fully saturated rings. The Balaban J connectivity index is 1.84. The van der Waals surface area contributed by atoms with Crippen molar-refractivity contribution in [1.82, 2.24) is 9.62 Å². The molecule has 0 saturated carbocycles. The molecule has 1 aromatic rings. The van der Waals surface area contributed by atoms with Crippen LogP contribution in [-0.2, 0) is 14.8 Å². The molecule has 1 saturated heterocycles. The fraction of sp³-hybridized carbons (Fsp3) is 0.571. The maximum absolute atomic E-state index is 12.2. The number of morpholine rings is 1. The molecule has 0 aromatic heterocycles. The van der Waals surface area contributed by atoms with Gasteiger partial charge in [0.2, 0.25) is 10.0 Å². The van der Waals surface area contributed by atoms with Crippen LogP contribution in [0.15, 0.2) is 29.2 Å². The highest BCUT2D eigenvalue weighted by molar-refractivity contribution is 7.89. The SMILES string of the molecule is CC(CNS(=O)(=O)c1ccc(Cl)cc1)CN1CCOCC1. The highest BCUT2D eigenvalue weighted by atomic mass is 35.5. The summed E-state index contributed by atoms with van der Waals surface area (Å²) in [5, 5.41) is 0.523. The minimum absolute atomic E-state index is 0.241. The van der Waals surface area contributed by atoms with Crippen LogP contribution in [0.25, 0.3) is 0 Å². The van der Waals surface area contributed by atoms with Crippen molar-refractivity contribution in [1.29, 1.82) is 0 Å². The third-order valence-corrected chi connectivity index (χ3v) is 5.11. The summed E-state index contributed by atoms with van der Waals surface area (Å²) in [5.41, 5.74) is 0. The Morgan fingerprint density at radius 3 is 2.52 bits per heavy atom. The highest BCUT2D eigenvalue weighted by Crippen LogP contribution is 2.14. The summed E-state index contributed by atoms with van der Waals surface area (Å²) >= 11 is 5.77. The Morgan fingerprint density at radius 2 is 1.90 bits per heavy atom. The molecule has 5 nitrogen and oxygen atoms in total. The van der Waals surface area contributed by atoms with E-state index in [4.69, 9.17) is 16.3 Å². The lowest BCUT2D eigenvalue weighted by Crippen LogP contribution is -2.41. The van der Waals surface area contributed by atoms with Crippen molar-refractivity contribution in [2.24, 2.45) is 5.92 Å². The Bertz CT molecular complexity index is 542. The van der Waals surface area contributed by atoms with Gasteiger partial charge in [0.25, 0.3) is 0 Å². The number of hydrogen-bond donors (Lipinski definition) is 1. The number of halogens is 1. The van der Waals surface area contributed by atoms with Gasteiger partial charge in [-0.05, 0) is 30.2 Å². The number of nitrogens with zero attached hydrogens (tertiary/aromatic N) is 1.